The third-order valence-electron chi connectivity index (χ3n) is 18.7. The number of fused-ring (bicyclic) bond motifs is 12. The molecule has 12 rings (SSSR count). The molecule has 0 saturated carbocycles. The zero-order chi connectivity index (χ0) is 149. The maximum Gasteiger partial charge on any atom is 0.323 e. The molecule has 0 radical (unpaired) electrons. The number of carbonyl (C=O) groups excluding carboxylic acids is 4. The van der Waals surface area contributed by atoms with Crippen LogP contribution in [-0.2, 0) is 63.8 Å². The van der Waals surface area contributed by atoms with E-state index in [1.165, 1.54) is 41.9 Å². The third kappa shape index (κ3) is 23.8. The molecule has 12 unspecified atom stereocenters. The van der Waals surface area contributed by atoms with Crippen molar-refractivity contribution >= 4 is 23.9 Å². The standard InChI is InChI=1S/4C24H38N2O4/c4*1-14(2)9-17-13-26-8-7-16-10-21(28-5)22(29-6)11-18(16)19(26)12-20(17)30-24(27)23(25)15(3)4/h4*10-11,14-15,17,19-20,23H,7-9,12-13,25H2,1-6H3/t4*17?,19?,20?,23-/m0000/s1/i3D3,4D3,5D3,10D,11D,12D2,13D2,15D,17D,20D,23D;3D3,4D3,5D3,10D,11D,12D2,13D2,15D,17D,19D,23D;2*3D3,4D3,10D,11D,12D2,13D2,15D,17D,19D,23D. The number of rotatable bonds is 28. The minimum atomic E-state index is -4.14. The Hall–Kier alpha value is -7.16. The lowest BCUT2D eigenvalue weighted by Crippen LogP contribution is -2.51. The molecular weight excluding hydrogens is 1520 g/mol. The summed E-state index contributed by atoms with van der Waals surface area (Å²) in [7, 11) is 0.350. The van der Waals surface area contributed by atoms with Gasteiger partial charge in [-0.1, -0.05) is 110 Å². The van der Waals surface area contributed by atoms with Crippen LogP contribution in [0.25, 0.3) is 0 Å². The zero-order valence-electron chi connectivity index (χ0n) is 139. The number of esters is 4. The smallest absolute Gasteiger partial charge is 0.323 e. The predicted octanol–water partition coefficient (Wildman–Crippen LogP) is 14.3. The average Bonchev–Trinajstić information content (AvgIpc) is 0.665. The van der Waals surface area contributed by atoms with Gasteiger partial charge in [0.05, 0.1) is 86.9 Å². The second-order valence-corrected chi connectivity index (χ2v) is 29.3. The van der Waals surface area contributed by atoms with Crippen LogP contribution in [0.5, 0.6) is 46.0 Å². The van der Waals surface area contributed by atoms with Crippen molar-refractivity contribution in [2.45, 2.75) is 260 Å². The minimum Gasteiger partial charge on any atom is -0.493 e. The SMILES string of the molecule is [2H]c1c2c(c([2H])c(OC)c1OC([2H])([2H])[2H])C1([2H])N(CC2)C([2H])([2H])C([2H])(CC(C)C)C(OC(=O)[C@@]([2H])(N)C([2H])(C([2H])([2H])[2H])C([2H])([2H])[2H])C1([2H])[2H].[2H]c1c2c(c([2H])c(OC)c1OC([2H])([2H])[2H])C1N(CC2)C([2H])([2H])C([2H])(CC(C)C)C([2H])(OC(=O)[C@@]([2H])(N)C([2H])(C([2H])([2H])[2H])C([2H])([2H])[2H])C1([2H])[2H].[2H]c1c2c(c([2H])c(OC)c1OC)C1([2H])N(CC2)C([2H])([2H])C([2H])(CC(C)C)C(OC(=O)[C@@]([2H])(N)C([2H])(C([2H])([2H])[2H])C([2H])([2H])[2H])C1([2H])[2H].[2H]c1c2c(c([2H])c(OC)c1OC)C1([2H])N(CC2)C([2H])([2H])C([2H])(CC(C)C)C(OC(=O)[C@@]([2H])(N)C([2H])(C([2H])([2H])[2H])C([2H])([2H])[2H])C1([2H])[2H]. The minimum absolute atomic E-state index is 0.0800. The highest BCUT2D eigenvalue weighted by Crippen LogP contribution is 2.50. The molecule has 0 aromatic heterocycles. The summed E-state index contributed by atoms with van der Waals surface area (Å²) in [6.07, 6.45) is -29.5. The van der Waals surface area contributed by atoms with Crippen molar-refractivity contribution in [3.8, 4) is 46.0 Å². The van der Waals surface area contributed by atoms with Crippen LogP contribution < -0.4 is 60.8 Å². The quantitative estimate of drug-likeness (QED) is 0.0303. The van der Waals surface area contributed by atoms with Crippen LogP contribution in [0.15, 0.2) is 48.3 Å². The molecule has 4 aromatic carbocycles. The van der Waals surface area contributed by atoms with Gasteiger partial charge in [0.25, 0.3) is 0 Å². The Labute approximate surface area is 817 Å². The molecule has 0 amide bonds. The van der Waals surface area contributed by atoms with E-state index >= 15 is 0 Å². The van der Waals surface area contributed by atoms with Crippen LogP contribution in [0.4, 0.5) is 0 Å². The van der Waals surface area contributed by atoms with Gasteiger partial charge in [0.2, 0.25) is 0 Å². The summed E-state index contributed by atoms with van der Waals surface area (Å²) in [6.45, 7) is -33.7. The predicted molar refractivity (Wildman–Crippen MR) is 471 cm³/mol. The first kappa shape index (κ1) is 38.8. The Kier molecular flexibility index (Phi) is 14.2. The normalized spacial score (nSPS) is 44.1. The van der Waals surface area contributed by atoms with E-state index in [4.69, 9.17) is 148 Å². The Morgan fingerprint density at radius 3 is 0.908 bits per heavy atom. The molecule has 8 aliphatic rings. The van der Waals surface area contributed by atoms with Crippen molar-refractivity contribution < 1.29 is 172 Å². The highest BCUT2D eigenvalue weighted by molar-refractivity contribution is 5.77. The Morgan fingerprint density at radius 1 is 0.375 bits per heavy atom. The number of piperidine rings is 4. The molecule has 24 nitrogen and oxygen atoms in total. The maximum absolute atomic E-state index is 13.7. The molecule has 120 heavy (non-hydrogen) atoms. The summed E-state index contributed by atoms with van der Waals surface area (Å²) in [5.74, 6) is -43.9. The third-order valence-corrected chi connectivity index (χ3v) is 18.7. The van der Waals surface area contributed by atoms with Crippen molar-refractivity contribution in [2.24, 2.45) is 93.8 Å². The Morgan fingerprint density at radius 2 is 0.625 bits per heavy atom. The van der Waals surface area contributed by atoms with Gasteiger partial charge >= 0.3 is 23.9 Å². The highest BCUT2D eigenvalue weighted by Gasteiger charge is 2.47. The molecule has 8 N–H and O–H groups in total. The van der Waals surface area contributed by atoms with Crippen LogP contribution in [-0.4, -0.2) is 201 Å². The van der Waals surface area contributed by atoms with E-state index in [2.05, 4.69) is 0 Å². The Balaban J connectivity index is 0.000000275. The van der Waals surface area contributed by atoms with Crippen LogP contribution in [0.2, 0.25) is 0 Å². The molecule has 0 bridgehead atoms. The largest absolute Gasteiger partial charge is 0.493 e. The zero-order valence-corrected chi connectivity index (χ0v) is 68.7. The molecule has 0 spiro atoms. The molecule has 8 heterocycles. The number of hydrogen-bond acceptors (Lipinski definition) is 24. The fourth-order valence-corrected chi connectivity index (χ4v) is 13.2. The summed E-state index contributed by atoms with van der Waals surface area (Å²) in [6, 6.07) is -32.7. The van der Waals surface area contributed by atoms with Crippen molar-refractivity contribution in [3.05, 3.63) is 92.8 Å². The molecule has 672 valence electrons. The van der Waals surface area contributed by atoms with E-state index < -0.39 is 421 Å². The summed E-state index contributed by atoms with van der Waals surface area (Å²) in [5.41, 5.74) is 19.7. The lowest BCUT2D eigenvalue weighted by Gasteiger charge is -2.47. The highest BCUT2D eigenvalue weighted by atomic mass is 16.6. The average molecular weight is 1740 g/mol. The molecular formula is C96H152N8O16. The van der Waals surface area contributed by atoms with Gasteiger partial charge in [0.1, 0.15) is 48.5 Å². The first-order valence-electron chi connectivity index (χ1n) is 72.7. The van der Waals surface area contributed by atoms with Crippen LogP contribution >= 0.6 is 0 Å². The summed E-state index contributed by atoms with van der Waals surface area (Å²) in [5, 5.41) is 0. The summed E-state index contributed by atoms with van der Waals surface area (Å²) in [4.78, 5) is 57.5. The lowest BCUT2D eigenvalue weighted by atomic mass is 9.79. The maximum atomic E-state index is 13.7. The van der Waals surface area contributed by atoms with Crippen LogP contribution in [0.1, 0.15) is 326 Å². The number of ether oxygens (including phenoxy) is 12. The molecule has 4 aromatic rings. The first-order chi connectivity index (χ1) is 84.3. The van der Waals surface area contributed by atoms with Crippen molar-refractivity contribution in [1.82, 2.24) is 19.6 Å². The van der Waals surface area contributed by atoms with E-state index in [9.17, 15) is 46.6 Å². The molecule has 8 aliphatic heterocycles. The molecule has 0 aliphatic carbocycles. The number of nitrogens with zero attached hydrogens (tertiary/aromatic N) is 4. The molecule has 16 atom stereocenters. The van der Waals surface area contributed by atoms with Gasteiger partial charge in [-0.3, -0.25) is 38.8 Å². The van der Waals surface area contributed by atoms with Crippen LogP contribution in [0, 0.1) is 70.8 Å². The summed E-state index contributed by atoms with van der Waals surface area (Å²) < 4.78 is 652. The number of hydrogen-bond donors (Lipinski definition) is 4. The monoisotopic (exact) mass is 1740 g/mol. The first-order valence-corrected chi connectivity index (χ1v) is 37.7. The number of benzene rings is 4. The fourth-order valence-electron chi connectivity index (χ4n) is 13.2. The van der Waals surface area contributed by atoms with Gasteiger partial charge in [0, 0.05) is 191 Å². The lowest BCUT2D eigenvalue weighted by molar-refractivity contribution is -0.161. The van der Waals surface area contributed by atoms with Gasteiger partial charge in [-0.2, -0.15) is 0 Å². The van der Waals surface area contributed by atoms with Crippen molar-refractivity contribution in [2.75, 3.05) is 109 Å². The van der Waals surface area contributed by atoms with Gasteiger partial charge < -0.3 is 79.8 Å². The van der Waals surface area contributed by atoms with Crippen LogP contribution in [0.3, 0.4) is 0 Å². The van der Waals surface area contributed by atoms with Gasteiger partial charge in [0.15, 0.2) is 46.0 Å². The van der Waals surface area contributed by atoms with Crippen molar-refractivity contribution in [3.63, 3.8) is 0 Å². The number of carbonyl (C=O) groups is 4. The van der Waals surface area contributed by atoms with E-state index in [1.54, 1.807) is 27.7 Å². The second kappa shape index (κ2) is 43.9. The second-order valence-electron chi connectivity index (χ2n) is 29.3. The molecule has 4 fully saturated rings. The fraction of sp³-hybridized carbons (Fsp3) is 0.708. The number of methoxy groups -OCH3 is 8. The van der Waals surface area contributed by atoms with E-state index in [0.29, 0.717) is 14.7 Å². The summed E-state index contributed by atoms with van der Waals surface area (Å²) >= 11 is 0. The van der Waals surface area contributed by atoms with Gasteiger partial charge in [-0.05, 0) is 191 Å². The topological polar surface area (TPSA) is 296 Å². The molecule has 24 heteroatoms. The van der Waals surface area contributed by atoms with Gasteiger partial charge in [-0.25, -0.2) is 0 Å². The van der Waals surface area contributed by atoms with E-state index in [-0.39, 0.29) is 83.0 Å². The molecule has 4 saturated heterocycles. The van der Waals surface area contributed by atoms with Crippen molar-refractivity contribution in [1.29, 1.82) is 0 Å². The number of nitrogens with two attached hydrogens (primary N) is 4. The Bertz CT molecular complexity index is 7140. The van der Waals surface area contributed by atoms with E-state index in [0.717, 1.165) is 33.3 Å². The van der Waals surface area contributed by atoms with Gasteiger partial charge in [-0.15, -0.1) is 0 Å². The van der Waals surface area contributed by atoms with E-state index in [1.807, 2.05) is 0 Å².